The van der Waals surface area contributed by atoms with Gasteiger partial charge in [0.15, 0.2) is 0 Å². The van der Waals surface area contributed by atoms with Crippen LogP contribution in [0.4, 0.5) is 0 Å². The predicted octanol–water partition coefficient (Wildman–Crippen LogP) is 5.60. The topological polar surface area (TPSA) is 0 Å². The van der Waals surface area contributed by atoms with Crippen molar-refractivity contribution in [2.45, 2.75) is 24.6 Å². The summed E-state index contributed by atoms with van der Waals surface area (Å²) in [7, 11) is 0. The molecule has 2 aromatic rings. The van der Waals surface area contributed by atoms with Crippen LogP contribution >= 0.6 is 38.9 Å². The van der Waals surface area contributed by atoms with Crippen molar-refractivity contribution in [1.82, 2.24) is 0 Å². The smallest absolute Gasteiger partial charge is 0.0701 e. The minimum atomic E-state index is 0.163. The molecule has 1 heterocycles. The van der Waals surface area contributed by atoms with E-state index >= 15 is 0 Å². The van der Waals surface area contributed by atoms with Crippen LogP contribution in [0.25, 0.3) is 0 Å². The van der Waals surface area contributed by atoms with E-state index in [1.54, 1.807) is 0 Å². The Morgan fingerprint density at radius 3 is 2.83 bits per heavy atom. The zero-order chi connectivity index (χ0) is 12.5. The molecule has 0 radical (unpaired) electrons. The standard InChI is InChI=1S/C15H14BrClS/c16-14-8-7-12(18-14)9-11-6-5-10-3-1-2-4-13(10)15(11)17/h1-4,7-8,11,15H,5-6,9H2. The van der Waals surface area contributed by atoms with Gasteiger partial charge in [0.05, 0.1) is 9.16 Å². The minimum Gasteiger partial charge on any atom is -0.133 e. The molecule has 0 amide bonds. The third-order valence-corrected chi connectivity index (χ3v) is 5.88. The third kappa shape index (κ3) is 2.52. The Hall–Kier alpha value is -0.310. The highest BCUT2D eigenvalue weighted by Gasteiger charge is 2.27. The van der Waals surface area contributed by atoms with Gasteiger partial charge in [-0.1, -0.05) is 24.3 Å². The molecule has 0 spiro atoms. The number of thiophene rings is 1. The molecule has 18 heavy (non-hydrogen) atoms. The van der Waals surface area contributed by atoms with Gasteiger partial charge in [0.2, 0.25) is 0 Å². The molecular weight excluding hydrogens is 328 g/mol. The van der Waals surface area contributed by atoms with Gasteiger partial charge in [-0.3, -0.25) is 0 Å². The van der Waals surface area contributed by atoms with Crippen LogP contribution in [0.2, 0.25) is 0 Å². The summed E-state index contributed by atoms with van der Waals surface area (Å²) in [5.74, 6) is 0.562. The monoisotopic (exact) mass is 340 g/mol. The second kappa shape index (κ2) is 5.36. The van der Waals surface area contributed by atoms with E-state index in [0.717, 1.165) is 12.8 Å². The van der Waals surface area contributed by atoms with Crippen molar-refractivity contribution in [3.05, 3.63) is 56.2 Å². The molecule has 1 aliphatic carbocycles. The van der Waals surface area contributed by atoms with Crippen molar-refractivity contribution in [1.29, 1.82) is 0 Å². The van der Waals surface area contributed by atoms with Gasteiger partial charge < -0.3 is 0 Å². The van der Waals surface area contributed by atoms with Crippen molar-refractivity contribution in [3.63, 3.8) is 0 Å². The molecule has 0 saturated carbocycles. The molecule has 0 N–H and O–H groups in total. The molecule has 0 fully saturated rings. The van der Waals surface area contributed by atoms with Crippen LogP contribution in [-0.4, -0.2) is 0 Å². The molecular formula is C15H14BrClS. The number of alkyl halides is 1. The van der Waals surface area contributed by atoms with E-state index < -0.39 is 0 Å². The molecule has 1 aromatic heterocycles. The molecule has 1 aromatic carbocycles. The van der Waals surface area contributed by atoms with Crippen molar-refractivity contribution >= 4 is 38.9 Å². The molecule has 1 aliphatic rings. The SMILES string of the molecule is ClC1c2ccccc2CCC1Cc1ccc(Br)s1. The van der Waals surface area contributed by atoms with Gasteiger partial charge in [-0.2, -0.15) is 0 Å². The van der Waals surface area contributed by atoms with Crippen molar-refractivity contribution < 1.29 is 0 Å². The van der Waals surface area contributed by atoms with E-state index in [-0.39, 0.29) is 5.38 Å². The number of hydrogen-bond donors (Lipinski definition) is 0. The van der Waals surface area contributed by atoms with Crippen LogP contribution < -0.4 is 0 Å². The third-order valence-electron chi connectivity index (χ3n) is 3.64. The average Bonchev–Trinajstić information content (AvgIpc) is 2.79. The van der Waals surface area contributed by atoms with Crippen molar-refractivity contribution in [2.24, 2.45) is 5.92 Å². The van der Waals surface area contributed by atoms with Crippen LogP contribution in [-0.2, 0) is 12.8 Å². The molecule has 3 heteroatoms. The highest BCUT2D eigenvalue weighted by atomic mass is 79.9. The normalized spacial score (nSPS) is 22.8. The fourth-order valence-electron chi connectivity index (χ4n) is 2.70. The zero-order valence-electron chi connectivity index (χ0n) is 9.90. The lowest BCUT2D eigenvalue weighted by Gasteiger charge is -2.29. The van der Waals surface area contributed by atoms with E-state index in [0.29, 0.717) is 5.92 Å². The van der Waals surface area contributed by atoms with Gasteiger partial charge in [0.1, 0.15) is 0 Å². The van der Waals surface area contributed by atoms with Crippen LogP contribution in [0.1, 0.15) is 27.8 Å². The number of rotatable bonds is 2. The Morgan fingerprint density at radius 1 is 1.22 bits per heavy atom. The molecule has 3 rings (SSSR count). The summed E-state index contributed by atoms with van der Waals surface area (Å²) in [5.41, 5.74) is 2.77. The lowest BCUT2D eigenvalue weighted by atomic mass is 9.81. The summed E-state index contributed by atoms with van der Waals surface area (Å²) in [5, 5.41) is 0.163. The maximum absolute atomic E-state index is 6.66. The Bertz CT molecular complexity index is 549. The second-order valence-electron chi connectivity index (χ2n) is 4.81. The fraction of sp³-hybridized carbons (Fsp3) is 0.333. The quantitative estimate of drug-likeness (QED) is 0.624. The molecule has 2 unspecified atom stereocenters. The predicted molar refractivity (Wildman–Crippen MR) is 82.6 cm³/mol. The van der Waals surface area contributed by atoms with Gasteiger partial charge in [-0.25, -0.2) is 0 Å². The largest absolute Gasteiger partial charge is 0.133 e. The van der Waals surface area contributed by atoms with E-state index in [9.17, 15) is 0 Å². The Balaban J connectivity index is 1.80. The number of benzene rings is 1. The number of fused-ring (bicyclic) bond motifs is 1. The van der Waals surface area contributed by atoms with Crippen LogP contribution in [0.5, 0.6) is 0 Å². The summed E-state index contributed by atoms with van der Waals surface area (Å²) in [6.07, 6.45) is 3.45. The van der Waals surface area contributed by atoms with Gasteiger partial charge in [-0.05, 0) is 64.4 Å². The van der Waals surface area contributed by atoms with Gasteiger partial charge in [0.25, 0.3) is 0 Å². The lowest BCUT2D eigenvalue weighted by molar-refractivity contribution is 0.445. The first-order valence-corrected chi connectivity index (χ1v) is 8.25. The summed E-state index contributed by atoms with van der Waals surface area (Å²) in [6, 6.07) is 12.9. The minimum absolute atomic E-state index is 0.163. The first-order chi connectivity index (χ1) is 8.74. The summed E-state index contributed by atoms with van der Waals surface area (Å²) in [6.45, 7) is 0. The summed E-state index contributed by atoms with van der Waals surface area (Å²) >= 11 is 12.0. The number of aryl methyl sites for hydroxylation is 1. The van der Waals surface area contributed by atoms with E-state index in [2.05, 4.69) is 52.3 Å². The van der Waals surface area contributed by atoms with Gasteiger partial charge >= 0.3 is 0 Å². The van der Waals surface area contributed by atoms with Gasteiger partial charge in [0, 0.05) is 4.88 Å². The zero-order valence-corrected chi connectivity index (χ0v) is 13.1. The van der Waals surface area contributed by atoms with E-state index in [4.69, 9.17) is 11.6 Å². The highest BCUT2D eigenvalue weighted by Crippen LogP contribution is 2.41. The molecule has 0 aliphatic heterocycles. The van der Waals surface area contributed by atoms with E-state index in [1.165, 1.54) is 26.2 Å². The second-order valence-corrected chi connectivity index (χ2v) is 7.83. The first kappa shape index (κ1) is 12.7. The Labute approximate surface area is 125 Å². The number of halogens is 2. The number of hydrogen-bond acceptors (Lipinski definition) is 1. The summed E-state index contributed by atoms with van der Waals surface area (Å²) < 4.78 is 1.21. The molecule has 0 saturated heterocycles. The lowest BCUT2D eigenvalue weighted by Crippen LogP contribution is -2.18. The highest BCUT2D eigenvalue weighted by molar-refractivity contribution is 9.11. The maximum atomic E-state index is 6.66. The van der Waals surface area contributed by atoms with E-state index in [1.807, 2.05) is 11.3 Å². The maximum Gasteiger partial charge on any atom is 0.0701 e. The van der Waals surface area contributed by atoms with Crippen LogP contribution in [0.3, 0.4) is 0 Å². The average molecular weight is 342 g/mol. The molecule has 0 nitrogen and oxygen atoms in total. The molecule has 0 bridgehead atoms. The van der Waals surface area contributed by atoms with Crippen LogP contribution in [0.15, 0.2) is 40.2 Å². The fourth-order valence-corrected chi connectivity index (χ4v) is 4.70. The first-order valence-electron chi connectivity index (χ1n) is 6.20. The Kier molecular flexibility index (Phi) is 3.78. The van der Waals surface area contributed by atoms with Gasteiger partial charge in [-0.15, -0.1) is 22.9 Å². The molecule has 2 atom stereocenters. The molecule has 94 valence electrons. The summed E-state index contributed by atoms with van der Waals surface area (Å²) in [4.78, 5) is 1.43. The van der Waals surface area contributed by atoms with Crippen molar-refractivity contribution in [3.8, 4) is 0 Å². The van der Waals surface area contributed by atoms with Crippen LogP contribution in [0, 0.1) is 5.92 Å². The Morgan fingerprint density at radius 2 is 2.06 bits per heavy atom. The van der Waals surface area contributed by atoms with Crippen molar-refractivity contribution in [2.75, 3.05) is 0 Å².